The van der Waals surface area contributed by atoms with E-state index >= 15 is 0 Å². The van der Waals surface area contributed by atoms with Crippen molar-refractivity contribution in [1.82, 2.24) is 0 Å². The highest BCUT2D eigenvalue weighted by atomic mass is 16.5. The Kier molecular flexibility index (Phi) is 13.0. The Morgan fingerprint density at radius 2 is 1.18 bits per heavy atom. The van der Waals surface area contributed by atoms with E-state index in [1.807, 2.05) is 43.3 Å². The van der Waals surface area contributed by atoms with Crippen LogP contribution >= 0.6 is 0 Å². The molecule has 0 aromatic heterocycles. The van der Waals surface area contributed by atoms with Crippen LogP contribution in [0.15, 0.2) is 72.8 Å². The molecule has 0 amide bonds. The number of benzene rings is 3. The van der Waals surface area contributed by atoms with E-state index in [-0.39, 0.29) is 11.7 Å². The van der Waals surface area contributed by atoms with Crippen molar-refractivity contribution in [1.29, 1.82) is 0 Å². The van der Waals surface area contributed by atoms with Gasteiger partial charge in [0.2, 0.25) is 0 Å². The third-order valence-corrected chi connectivity index (χ3v) is 7.29. The first-order valence-electron chi connectivity index (χ1n) is 15.1. The highest BCUT2D eigenvalue weighted by Gasteiger charge is 2.16. The first kappa shape index (κ1) is 31.1. The average Bonchev–Trinajstić information content (AvgIpc) is 2.97. The molecule has 0 aliphatic rings. The number of unbranched alkanes of at least 4 members (excludes halogenated alkanes) is 5. The fraction of sp³-hybridized carbons (Fsp3) is 0.444. The van der Waals surface area contributed by atoms with Crippen molar-refractivity contribution >= 4 is 11.8 Å². The fourth-order valence-corrected chi connectivity index (χ4v) is 4.72. The monoisotopic (exact) mass is 542 g/mol. The predicted molar refractivity (Wildman–Crippen MR) is 164 cm³/mol. The molecule has 1 atom stereocenters. The van der Waals surface area contributed by atoms with E-state index in [2.05, 4.69) is 20.8 Å². The van der Waals surface area contributed by atoms with E-state index in [0.29, 0.717) is 22.8 Å². The highest BCUT2D eigenvalue weighted by molar-refractivity contribution is 5.98. The lowest BCUT2D eigenvalue weighted by Crippen LogP contribution is -2.12. The lowest BCUT2D eigenvalue weighted by Gasteiger charge is -2.12. The van der Waals surface area contributed by atoms with Crippen LogP contribution in [-0.2, 0) is 0 Å². The van der Waals surface area contributed by atoms with Crippen LogP contribution < -0.4 is 9.47 Å². The Bertz CT molecular complexity index is 1160. The minimum Gasteiger partial charge on any atom is -0.494 e. The van der Waals surface area contributed by atoms with Crippen molar-refractivity contribution in [2.45, 2.75) is 85.5 Å². The normalized spacial score (nSPS) is 11.8. The summed E-state index contributed by atoms with van der Waals surface area (Å²) in [6, 6.07) is 22.3. The van der Waals surface area contributed by atoms with Gasteiger partial charge in [0.15, 0.2) is 5.78 Å². The molecular weight excluding hydrogens is 496 g/mol. The van der Waals surface area contributed by atoms with Gasteiger partial charge in [0.05, 0.1) is 12.2 Å². The lowest BCUT2D eigenvalue weighted by molar-refractivity contribution is 0.0734. The molecule has 0 saturated heterocycles. The Hall–Kier alpha value is -3.40. The largest absolute Gasteiger partial charge is 0.494 e. The molecule has 0 spiro atoms. The Balaban J connectivity index is 1.47. The third kappa shape index (κ3) is 10.3. The zero-order chi connectivity index (χ0) is 28.7. The van der Waals surface area contributed by atoms with E-state index in [1.165, 1.54) is 32.1 Å². The van der Waals surface area contributed by atoms with E-state index in [9.17, 15) is 9.59 Å². The van der Waals surface area contributed by atoms with Crippen LogP contribution in [0.3, 0.4) is 0 Å². The maximum Gasteiger partial charge on any atom is 0.343 e. The number of rotatable bonds is 17. The Labute approximate surface area is 241 Å². The Morgan fingerprint density at radius 1 is 0.625 bits per heavy atom. The van der Waals surface area contributed by atoms with Crippen LogP contribution in [-0.4, -0.2) is 18.4 Å². The van der Waals surface area contributed by atoms with Crippen LogP contribution in [0, 0.1) is 11.8 Å². The third-order valence-electron chi connectivity index (χ3n) is 7.29. The molecule has 0 fully saturated rings. The van der Waals surface area contributed by atoms with Gasteiger partial charge in [-0.2, -0.15) is 0 Å². The van der Waals surface area contributed by atoms with Crippen LogP contribution in [0.4, 0.5) is 0 Å². The van der Waals surface area contributed by atoms with Gasteiger partial charge in [-0.1, -0.05) is 96.9 Å². The summed E-state index contributed by atoms with van der Waals surface area (Å²) in [6.07, 6.45) is 10.6. The molecule has 4 heteroatoms. The van der Waals surface area contributed by atoms with Crippen molar-refractivity contribution in [3.63, 3.8) is 0 Å². The average molecular weight is 543 g/mol. The van der Waals surface area contributed by atoms with Crippen molar-refractivity contribution in [3.8, 4) is 22.6 Å². The van der Waals surface area contributed by atoms with Gasteiger partial charge in [-0.25, -0.2) is 4.79 Å². The number of esters is 1. The summed E-state index contributed by atoms with van der Waals surface area (Å²) in [7, 11) is 0. The van der Waals surface area contributed by atoms with Gasteiger partial charge < -0.3 is 9.47 Å². The van der Waals surface area contributed by atoms with Crippen molar-refractivity contribution < 1.29 is 19.1 Å². The maximum atomic E-state index is 12.7. The number of hydrogen-bond acceptors (Lipinski definition) is 4. The molecule has 0 aliphatic heterocycles. The first-order valence-corrected chi connectivity index (χ1v) is 15.1. The van der Waals surface area contributed by atoms with Crippen LogP contribution in [0.5, 0.6) is 11.5 Å². The van der Waals surface area contributed by atoms with Crippen molar-refractivity contribution in [2.75, 3.05) is 6.61 Å². The summed E-state index contributed by atoms with van der Waals surface area (Å²) < 4.78 is 11.4. The van der Waals surface area contributed by atoms with Gasteiger partial charge in [-0.15, -0.1) is 0 Å². The molecule has 0 aliphatic carbocycles. The SMILES string of the molecule is CCCCCCCCOc1ccc(-c2ccc(C(=O)Oc3ccc(C(=O)C(C)CCCC(C)C)cc3)cc2)cc1. The summed E-state index contributed by atoms with van der Waals surface area (Å²) in [5.41, 5.74) is 3.21. The van der Waals surface area contributed by atoms with Gasteiger partial charge in [0.25, 0.3) is 0 Å². The van der Waals surface area contributed by atoms with Crippen molar-refractivity contribution in [2.24, 2.45) is 11.8 Å². The van der Waals surface area contributed by atoms with Crippen LogP contribution in [0.25, 0.3) is 11.1 Å². The number of carbonyl (C=O) groups is 2. The number of ether oxygens (including phenoxy) is 2. The van der Waals surface area contributed by atoms with E-state index in [1.54, 1.807) is 36.4 Å². The second-order valence-electron chi connectivity index (χ2n) is 11.2. The molecule has 1 unspecified atom stereocenters. The summed E-state index contributed by atoms with van der Waals surface area (Å²) in [5, 5.41) is 0. The van der Waals surface area contributed by atoms with Gasteiger partial charge >= 0.3 is 5.97 Å². The molecule has 3 aromatic rings. The minimum atomic E-state index is -0.425. The number of Topliss-reactive ketones (excluding diaryl/α,β-unsaturated/α-hetero) is 1. The van der Waals surface area contributed by atoms with E-state index < -0.39 is 5.97 Å². The molecule has 0 bridgehead atoms. The molecule has 3 aromatic carbocycles. The van der Waals surface area contributed by atoms with Crippen molar-refractivity contribution in [3.05, 3.63) is 83.9 Å². The zero-order valence-electron chi connectivity index (χ0n) is 24.8. The second kappa shape index (κ2) is 16.6. The molecule has 0 radical (unpaired) electrons. The molecular formula is C36H46O4. The van der Waals surface area contributed by atoms with Gasteiger partial charge in [-0.05, 0) is 78.4 Å². The Morgan fingerprint density at radius 3 is 1.80 bits per heavy atom. The van der Waals surface area contributed by atoms with E-state index in [4.69, 9.17) is 9.47 Å². The number of ketones is 1. The molecule has 0 heterocycles. The predicted octanol–water partition coefficient (Wildman–Crippen LogP) is 9.96. The molecule has 4 nitrogen and oxygen atoms in total. The first-order chi connectivity index (χ1) is 19.4. The quantitative estimate of drug-likeness (QED) is 0.0737. The molecule has 40 heavy (non-hydrogen) atoms. The summed E-state index contributed by atoms with van der Waals surface area (Å²) in [6.45, 7) is 9.37. The molecule has 0 N–H and O–H groups in total. The van der Waals surface area contributed by atoms with Crippen LogP contribution in [0.2, 0.25) is 0 Å². The summed E-state index contributed by atoms with van der Waals surface area (Å²) >= 11 is 0. The summed E-state index contributed by atoms with van der Waals surface area (Å²) in [4.78, 5) is 25.4. The molecule has 0 saturated carbocycles. The number of hydrogen-bond donors (Lipinski definition) is 0. The zero-order valence-corrected chi connectivity index (χ0v) is 24.8. The molecule has 214 valence electrons. The van der Waals surface area contributed by atoms with Crippen LogP contribution in [0.1, 0.15) is 106 Å². The standard InChI is InChI=1S/C36H46O4/c1-5-6-7-8-9-10-26-39-33-22-18-30(19-23-33)29-14-16-32(17-15-29)36(38)40-34-24-20-31(21-25-34)35(37)28(4)13-11-12-27(2)3/h14-25,27-28H,5-13,26H2,1-4H3. The second-order valence-corrected chi connectivity index (χ2v) is 11.2. The van der Waals surface area contributed by atoms with E-state index in [0.717, 1.165) is 49.2 Å². The molecule has 3 rings (SSSR count). The number of carbonyl (C=O) groups excluding carboxylic acids is 2. The minimum absolute atomic E-state index is 0.0144. The topological polar surface area (TPSA) is 52.6 Å². The maximum absolute atomic E-state index is 12.7. The lowest BCUT2D eigenvalue weighted by atomic mass is 9.93. The fourth-order valence-electron chi connectivity index (χ4n) is 4.72. The summed E-state index contributed by atoms with van der Waals surface area (Å²) in [5.74, 6) is 1.65. The highest BCUT2D eigenvalue weighted by Crippen LogP contribution is 2.24. The van der Waals surface area contributed by atoms with Gasteiger partial charge in [-0.3, -0.25) is 4.79 Å². The van der Waals surface area contributed by atoms with Gasteiger partial charge in [0, 0.05) is 11.5 Å². The van der Waals surface area contributed by atoms with Gasteiger partial charge in [0.1, 0.15) is 11.5 Å². The smallest absolute Gasteiger partial charge is 0.343 e.